The molecule has 1 amide bonds. The van der Waals surface area contributed by atoms with Gasteiger partial charge in [-0.3, -0.25) is 4.79 Å². The predicted octanol–water partition coefficient (Wildman–Crippen LogP) is 2.45. The fraction of sp³-hybridized carbons (Fsp3) is 0.538. The van der Waals surface area contributed by atoms with Gasteiger partial charge in [0, 0.05) is 11.9 Å². The molecule has 1 saturated heterocycles. The molecule has 0 spiro atoms. The van der Waals surface area contributed by atoms with Crippen LogP contribution in [0.4, 0.5) is 5.69 Å². The molecule has 0 aliphatic carbocycles. The Hall–Kier alpha value is -1.13. The van der Waals surface area contributed by atoms with Crippen LogP contribution in [-0.4, -0.2) is 23.5 Å². The molecule has 0 aromatic carbocycles. The number of rotatable bonds is 3. The lowest BCUT2D eigenvalue weighted by atomic mass is 9.90. The second-order valence-electron chi connectivity index (χ2n) is 4.66. The zero-order valence-electron chi connectivity index (χ0n) is 10.4. The van der Waals surface area contributed by atoms with Crippen LogP contribution in [-0.2, 0) is 4.79 Å². The summed E-state index contributed by atoms with van der Waals surface area (Å²) in [5.41, 5.74) is 0.695. The van der Waals surface area contributed by atoms with Gasteiger partial charge in [-0.15, -0.1) is 0 Å². The van der Waals surface area contributed by atoms with Crippen molar-refractivity contribution in [2.75, 3.05) is 11.9 Å². The molecule has 0 saturated carbocycles. The highest BCUT2D eigenvalue weighted by Crippen LogP contribution is 2.20. The molecule has 1 fully saturated rings. The van der Waals surface area contributed by atoms with Crippen LogP contribution < -0.4 is 10.6 Å². The van der Waals surface area contributed by atoms with E-state index in [4.69, 9.17) is 11.6 Å². The first-order valence-corrected chi connectivity index (χ1v) is 6.72. The van der Waals surface area contributed by atoms with Crippen LogP contribution >= 0.6 is 11.6 Å². The lowest BCUT2D eigenvalue weighted by Gasteiger charge is -2.28. The van der Waals surface area contributed by atoms with Gasteiger partial charge >= 0.3 is 0 Å². The summed E-state index contributed by atoms with van der Waals surface area (Å²) < 4.78 is 0. The van der Waals surface area contributed by atoms with E-state index in [1.54, 1.807) is 18.3 Å². The van der Waals surface area contributed by atoms with E-state index in [9.17, 15) is 4.79 Å². The van der Waals surface area contributed by atoms with Crippen molar-refractivity contribution < 1.29 is 4.79 Å². The second-order valence-corrected chi connectivity index (χ2v) is 5.05. The van der Waals surface area contributed by atoms with Gasteiger partial charge in [0.15, 0.2) is 0 Å². The Bertz CT molecular complexity index is 424. The first-order valence-electron chi connectivity index (χ1n) is 6.35. The van der Waals surface area contributed by atoms with E-state index in [0.717, 1.165) is 25.8 Å². The summed E-state index contributed by atoms with van der Waals surface area (Å²) in [5, 5.41) is 6.51. The van der Waals surface area contributed by atoms with Gasteiger partial charge in [0.1, 0.15) is 5.15 Å². The van der Waals surface area contributed by atoms with Crippen LogP contribution in [0.1, 0.15) is 26.2 Å². The maximum atomic E-state index is 12.1. The predicted molar refractivity (Wildman–Crippen MR) is 72.7 cm³/mol. The molecule has 0 radical (unpaired) electrons. The number of halogens is 1. The van der Waals surface area contributed by atoms with Crippen molar-refractivity contribution >= 4 is 23.2 Å². The third kappa shape index (κ3) is 3.43. The molecular formula is C13H18ClN3O. The maximum absolute atomic E-state index is 12.1. The first kappa shape index (κ1) is 13.3. The highest BCUT2D eigenvalue weighted by Gasteiger charge is 2.25. The molecule has 18 heavy (non-hydrogen) atoms. The molecule has 98 valence electrons. The molecule has 2 atom stereocenters. The van der Waals surface area contributed by atoms with Crippen LogP contribution in [0.15, 0.2) is 18.3 Å². The summed E-state index contributed by atoms with van der Waals surface area (Å²) in [5.74, 6) is 0.651. The molecule has 2 rings (SSSR count). The van der Waals surface area contributed by atoms with E-state index < -0.39 is 0 Å². The van der Waals surface area contributed by atoms with Gasteiger partial charge in [0.25, 0.3) is 0 Å². The molecule has 0 bridgehead atoms. The summed E-state index contributed by atoms with van der Waals surface area (Å²) >= 11 is 5.78. The third-order valence-electron chi connectivity index (χ3n) is 3.40. The maximum Gasteiger partial charge on any atom is 0.241 e. The van der Waals surface area contributed by atoms with Gasteiger partial charge in [0.2, 0.25) is 5.91 Å². The molecule has 5 heteroatoms. The SMILES string of the molecule is CCC1CCNC(C(=O)Nc2ccnc(Cl)c2)C1. The summed E-state index contributed by atoms with van der Waals surface area (Å²) in [4.78, 5) is 16.0. The number of hydrogen-bond acceptors (Lipinski definition) is 3. The van der Waals surface area contributed by atoms with Crippen LogP contribution in [0, 0.1) is 5.92 Å². The molecule has 2 N–H and O–H groups in total. The van der Waals surface area contributed by atoms with Gasteiger partial charge in [-0.2, -0.15) is 0 Å². The third-order valence-corrected chi connectivity index (χ3v) is 3.61. The van der Waals surface area contributed by atoms with E-state index in [-0.39, 0.29) is 11.9 Å². The molecule has 2 unspecified atom stereocenters. The quantitative estimate of drug-likeness (QED) is 0.827. The zero-order valence-corrected chi connectivity index (χ0v) is 11.2. The molecule has 1 aliphatic heterocycles. The number of nitrogens with one attached hydrogen (secondary N) is 2. The van der Waals surface area contributed by atoms with Crippen molar-refractivity contribution in [3.63, 3.8) is 0 Å². The molecule has 1 aliphatic rings. The number of carbonyl (C=O) groups excluding carboxylic acids is 1. The minimum atomic E-state index is -0.101. The topological polar surface area (TPSA) is 54.0 Å². The summed E-state index contributed by atoms with van der Waals surface area (Å²) in [7, 11) is 0. The molecular weight excluding hydrogens is 250 g/mol. The van der Waals surface area contributed by atoms with Crippen LogP contribution in [0.5, 0.6) is 0 Å². The standard InChI is InChI=1S/C13H18ClN3O/c1-2-9-3-5-15-11(7-9)13(18)17-10-4-6-16-12(14)8-10/h4,6,8-9,11,15H,2-3,5,7H2,1H3,(H,16,17,18). The highest BCUT2D eigenvalue weighted by molar-refractivity contribution is 6.29. The summed E-state index contributed by atoms with van der Waals surface area (Å²) in [6.45, 7) is 3.08. The van der Waals surface area contributed by atoms with E-state index in [2.05, 4.69) is 22.5 Å². The molecule has 2 heterocycles. The minimum absolute atomic E-state index is 0.00965. The number of amides is 1. The minimum Gasteiger partial charge on any atom is -0.325 e. The van der Waals surface area contributed by atoms with Crippen molar-refractivity contribution in [2.24, 2.45) is 5.92 Å². The summed E-state index contributed by atoms with van der Waals surface area (Å²) in [6.07, 6.45) is 4.77. The zero-order chi connectivity index (χ0) is 13.0. The van der Waals surface area contributed by atoms with E-state index >= 15 is 0 Å². The van der Waals surface area contributed by atoms with Crippen LogP contribution in [0.2, 0.25) is 5.15 Å². The van der Waals surface area contributed by atoms with Gasteiger partial charge in [-0.05, 0) is 37.4 Å². The number of anilines is 1. The fourth-order valence-corrected chi connectivity index (χ4v) is 2.45. The Balaban J connectivity index is 1.95. The average molecular weight is 268 g/mol. The van der Waals surface area contributed by atoms with Crippen molar-refractivity contribution in [3.8, 4) is 0 Å². The lowest BCUT2D eigenvalue weighted by Crippen LogP contribution is -2.46. The smallest absolute Gasteiger partial charge is 0.241 e. The van der Waals surface area contributed by atoms with Crippen molar-refractivity contribution in [2.45, 2.75) is 32.2 Å². The molecule has 4 nitrogen and oxygen atoms in total. The number of carbonyl (C=O) groups is 1. The molecule has 1 aromatic heterocycles. The Kier molecular flexibility index (Phi) is 4.55. The normalized spacial score (nSPS) is 23.7. The Labute approximate surface area is 112 Å². The van der Waals surface area contributed by atoms with Crippen LogP contribution in [0.3, 0.4) is 0 Å². The first-order chi connectivity index (χ1) is 8.69. The fourth-order valence-electron chi connectivity index (χ4n) is 2.28. The highest BCUT2D eigenvalue weighted by atomic mass is 35.5. The second kappa shape index (κ2) is 6.16. The van der Waals surface area contributed by atoms with Crippen molar-refractivity contribution in [1.82, 2.24) is 10.3 Å². The Morgan fingerprint density at radius 1 is 1.67 bits per heavy atom. The van der Waals surface area contributed by atoms with Crippen LogP contribution in [0.25, 0.3) is 0 Å². The number of nitrogens with zero attached hydrogens (tertiary/aromatic N) is 1. The van der Waals surface area contributed by atoms with E-state index in [1.165, 1.54) is 0 Å². The van der Waals surface area contributed by atoms with E-state index in [1.807, 2.05) is 0 Å². The molecule has 1 aromatic rings. The van der Waals surface area contributed by atoms with Crippen molar-refractivity contribution in [1.29, 1.82) is 0 Å². The van der Waals surface area contributed by atoms with E-state index in [0.29, 0.717) is 16.8 Å². The van der Waals surface area contributed by atoms with Crippen molar-refractivity contribution in [3.05, 3.63) is 23.5 Å². The monoisotopic (exact) mass is 267 g/mol. The van der Waals surface area contributed by atoms with Gasteiger partial charge in [-0.1, -0.05) is 24.9 Å². The average Bonchev–Trinajstić information content (AvgIpc) is 2.39. The Morgan fingerprint density at radius 2 is 2.50 bits per heavy atom. The number of piperidine rings is 1. The number of hydrogen-bond donors (Lipinski definition) is 2. The van der Waals surface area contributed by atoms with Gasteiger partial charge in [0.05, 0.1) is 6.04 Å². The largest absolute Gasteiger partial charge is 0.325 e. The van der Waals surface area contributed by atoms with Gasteiger partial charge < -0.3 is 10.6 Å². The Morgan fingerprint density at radius 3 is 3.22 bits per heavy atom. The summed E-state index contributed by atoms with van der Waals surface area (Å²) in [6, 6.07) is 3.29. The lowest BCUT2D eigenvalue weighted by molar-refractivity contribution is -0.119. The number of aromatic nitrogens is 1. The number of pyridine rings is 1. The van der Waals surface area contributed by atoms with Gasteiger partial charge in [-0.25, -0.2) is 4.98 Å².